The number of hydrogen-bond donors (Lipinski definition) is 1. The molecular weight excluding hydrogens is 322 g/mol. The number of likely N-dealkylation sites (N-methyl/N-ethyl adjacent to an activating group) is 1. The topological polar surface area (TPSA) is 63.3 Å². The zero-order chi connectivity index (χ0) is 17.6. The van der Waals surface area contributed by atoms with Gasteiger partial charge in [-0.3, -0.25) is 14.6 Å². The van der Waals surface area contributed by atoms with Crippen molar-refractivity contribution in [2.45, 2.75) is 19.4 Å². The van der Waals surface area contributed by atoms with E-state index in [1.807, 2.05) is 19.2 Å². The zero-order valence-electron chi connectivity index (χ0n) is 15.0. The Labute approximate surface area is 148 Å². The number of nitrogens with one attached hydrogen (secondary N) is 1. The van der Waals surface area contributed by atoms with Gasteiger partial charge in [0.25, 0.3) is 0 Å². The Balaban J connectivity index is 1.41. The molecule has 138 valence electrons. The van der Waals surface area contributed by atoms with Gasteiger partial charge in [0.05, 0.1) is 26.4 Å². The first kappa shape index (κ1) is 18.0. The van der Waals surface area contributed by atoms with E-state index in [1.54, 1.807) is 0 Å². The van der Waals surface area contributed by atoms with E-state index in [0.717, 1.165) is 31.0 Å². The van der Waals surface area contributed by atoms with Gasteiger partial charge in [-0.2, -0.15) is 0 Å². The highest BCUT2D eigenvalue weighted by Gasteiger charge is 2.17. The average molecular weight is 349 g/mol. The summed E-state index contributed by atoms with van der Waals surface area (Å²) < 4.78 is 16.1. The van der Waals surface area contributed by atoms with Crippen molar-refractivity contribution < 1.29 is 19.0 Å². The first-order valence-electron chi connectivity index (χ1n) is 8.77. The molecule has 1 N–H and O–H groups in total. The number of nitrogens with zero attached hydrogens (tertiary/aromatic N) is 2. The molecule has 2 aliphatic rings. The molecule has 25 heavy (non-hydrogen) atoms. The second-order valence-corrected chi connectivity index (χ2v) is 6.64. The number of carbonyl (C=O) groups is 1. The maximum Gasteiger partial charge on any atom is 0.235 e. The van der Waals surface area contributed by atoms with Crippen LogP contribution < -0.4 is 14.8 Å². The van der Waals surface area contributed by atoms with Gasteiger partial charge < -0.3 is 19.5 Å². The van der Waals surface area contributed by atoms with Crippen LogP contribution in [0, 0.1) is 0 Å². The molecule has 1 fully saturated rings. The number of morpholine rings is 1. The fraction of sp³-hybridized carbons (Fsp3) is 0.611. The van der Waals surface area contributed by atoms with Crippen molar-refractivity contribution >= 4 is 5.91 Å². The number of hydrogen-bond acceptors (Lipinski definition) is 6. The third-order valence-corrected chi connectivity index (χ3v) is 4.72. The quantitative estimate of drug-likeness (QED) is 0.731. The summed E-state index contributed by atoms with van der Waals surface area (Å²) >= 11 is 0. The number of benzene rings is 1. The fourth-order valence-electron chi connectivity index (χ4n) is 2.95. The molecule has 0 bridgehead atoms. The Morgan fingerprint density at radius 3 is 2.84 bits per heavy atom. The Hall–Kier alpha value is -1.83. The lowest BCUT2D eigenvalue weighted by molar-refractivity contribution is -0.123. The number of carbonyl (C=O) groups excluding carboxylic acids is 1. The van der Waals surface area contributed by atoms with E-state index < -0.39 is 0 Å². The van der Waals surface area contributed by atoms with E-state index in [1.165, 1.54) is 5.56 Å². The van der Waals surface area contributed by atoms with Crippen LogP contribution in [0.25, 0.3) is 0 Å². The first-order valence-corrected chi connectivity index (χ1v) is 8.77. The Morgan fingerprint density at radius 1 is 1.28 bits per heavy atom. The summed E-state index contributed by atoms with van der Waals surface area (Å²) in [5.74, 6) is 1.68. The summed E-state index contributed by atoms with van der Waals surface area (Å²) in [5.41, 5.74) is 1.20. The van der Waals surface area contributed by atoms with Crippen molar-refractivity contribution in [3.63, 3.8) is 0 Å². The fourth-order valence-corrected chi connectivity index (χ4v) is 2.95. The highest BCUT2D eigenvalue weighted by Crippen LogP contribution is 2.32. The molecule has 1 aromatic carbocycles. The predicted octanol–water partition coefficient (Wildman–Crippen LogP) is 0.684. The molecule has 2 heterocycles. The minimum atomic E-state index is 0.0593. The third-order valence-electron chi connectivity index (χ3n) is 4.72. The molecule has 0 aliphatic carbocycles. The number of fused-ring (bicyclic) bond motifs is 1. The molecular formula is C18H27N3O4. The zero-order valence-corrected chi connectivity index (χ0v) is 15.0. The molecule has 7 heteroatoms. The van der Waals surface area contributed by atoms with Crippen LogP contribution in [-0.2, 0) is 16.0 Å². The second kappa shape index (κ2) is 8.51. The molecule has 1 atom stereocenters. The largest absolute Gasteiger partial charge is 0.454 e. The van der Waals surface area contributed by atoms with Gasteiger partial charge in [0.1, 0.15) is 0 Å². The third kappa shape index (κ3) is 5.07. The van der Waals surface area contributed by atoms with Crippen LogP contribution in [0.4, 0.5) is 0 Å². The lowest BCUT2D eigenvalue weighted by atomic mass is 10.1. The summed E-state index contributed by atoms with van der Waals surface area (Å²) in [7, 11) is 2.02. The highest BCUT2D eigenvalue weighted by molar-refractivity contribution is 5.77. The molecule has 1 unspecified atom stereocenters. The molecule has 0 saturated carbocycles. The van der Waals surface area contributed by atoms with Gasteiger partial charge in [-0.15, -0.1) is 0 Å². The van der Waals surface area contributed by atoms with Gasteiger partial charge in [-0.25, -0.2) is 0 Å². The molecule has 3 rings (SSSR count). The molecule has 1 amide bonds. The lowest BCUT2D eigenvalue weighted by Gasteiger charge is -2.28. The molecule has 0 radical (unpaired) electrons. The number of amides is 1. The number of ether oxygens (including phenoxy) is 3. The molecule has 1 saturated heterocycles. The Morgan fingerprint density at radius 2 is 2.04 bits per heavy atom. The van der Waals surface area contributed by atoms with Crippen LogP contribution in [-0.4, -0.2) is 75.1 Å². The first-order chi connectivity index (χ1) is 12.1. The molecule has 0 aromatic heterocycles. The smallest absolute Gasteiger partial charge is 0.235 e. The van der Waals surface area contributed by atoms with Crippen LogP contribution in [0.1, 0.15) is 12.5 Å². The second-order valence-electron chi connectivity index (χ2n) is 6.64. The van der Waals surface area contributed by atoms with Crippen molar-refractivity contribution in [3.8, 4) is 11.5 Å². The van der Waals surface area contributed by atoms with Crippen molar-refractivity contribution in [2.24, 2.45) is 0 Å². The minimum Gasteiger partial charge on any atom is -0.454 e. The van der Waals surface area contributed by atoms with Crippen LogP contribution >= 0.6 is 0 Å². The lowest BCUT2D eigenvalue weighted by Crippen LogP contribution is -2.46. The van der Waals surface area contributed by atoms with Crippen molar-refractivity contribution in [1.82, 2.24) is 15.1 Å². The van der Waals surface area contributed by atoms with E-state index in [2.05, 4.69) is 28.1 Å². The van der Waals surface area contributed by atoms with Crippen molar-refractivity contribution in [2.75, 3.05) is 53.4 Å². The summed E-state index contributed by atoms with van der Waals surface area (Å²) in [5, 5.41) is 3.00. The van der Waals surface area contributed by atoms with Crippen molar-refractivity contribution in [3.05, 3.63) is 23.8 Å². The maximum atomic E-state index is 12.1. The van der Waals surface area contributed by atoms with E-state index in [4.69, 9.17) is 14.2 Å². The number of rotatable bonds is 7. The Bertz CT molecular complexity index is 590. The molecule has 0 spiro atoms. The monoisotopic (exact) mass is 349 g/mol. The van der Waals surface area contributed by atoms with Crippen molar-refractivity contribution in [1.29, 1.82) is 0 Å². The van der Waals surface area contributed by atoms with E-state index in [9.17, 15) is 4.79 Å². The standard InChI is InChI=1S/C18H27N3O4/c1-14(9-15-3-4-16-17(10-15)25-13-24-16)20(2)12-19-18(22)11-21-5-7-23-8-6-21/h3-4,10,14H,5-9,11-13H2,1-2H3,(H,19,22). The molecule has 7 nitrogen and oxygen atoms in total. The summed E-state index contributed by atoms with van der Waals surface area (Å²) in [6.07, 6.45) is 0.881. The van der Waals surface area contributed by atoms with E-state index in [0.29, 0.717) is 39.3 Å². The highest BCUT2D eigenvalue weighted by atomic mass is 16.7. The predicted molar refractivity (Wildman–Crippen MR) is 93.8 cm³/mol. The van der Waals surface area contributed by atoms with Crippen LogP contribution in [0.15, 0.2) is 18.2 Å². The average Bonchev–Trinajstić information content (AvgIpc) is 3.08. The van der Waals surface area contributed by atoms with Gasteiger partial charge in [0.15, 0.2) is 11.5 Å². The molecule has 2 aliphatic heterocycles. The van der Waals surface area contributed by atoms with E-state index >= 15 is 0 Å². The normalized spacial score (nSPS) is 18.4. The SMILES string of the molecule is CC(Cc1ccc2c(c1)OCO2)N(C)CNC(=O)CN1CCOCC1. The maximum absolute atomic E-state index is 12.1. The van der Waals surface area contributed by atoms with Gasteiger partial charge in [-0.1, -0.05) is 6.07 Å². The van der Waals surface area contributed by atoms with Gasteiger partial charge in [0, 0.05) is 19.1 Å². The van der Waals surface area contributed by atoms with Crippen LogP contribution in [0.5, 0.6) is 11.5 Å². The summed E-state index contributed by atoms with van der Waals surface area (Å²) in [6, 6.07) is 6.34. The van der Waals surface area contributed by atoms with Crippen LogP contribution in [0.2, 0.25) is 0 Å². The minimum absolute atomic E-state index is 0.0593. The Kier molecular flexibility index (Phi) is 6.12. The van der Waals surface area contributed by atoms with Crippen LogP contribution in [0.3, 0.4) is 0 Å². The summed E-state index contributed by atoms with van der Waals surface area (Å²) in [4.78, 5) is 16.3. The van der Waals surface area contributed by atoms with Gasteiger partial charge >= 0.3 is 0 Å². The van der Waals surface area contributed by atoms with E-state index in [-0.39, 0.29) is 5.91 Å². The molecule has 1 aromatic rings. The summed E-state index contributed by atoms with van der Waals surface area (Å²) in [6.45, 7) is 6.48. The van der Waals surface area contributed by atoms with Gasteiger partial charge in [-0.05, 0) is 38.1 Å². The van der Waals surface area contributed by atoms with Gasteiger partial charge in [0.2, 0.25) is 12.7 Å².